The molecule has 1 atom stereocenters. The molecule has 1 N–H and O–H groups in total. The smallest absolute Gasteiger partial charge is 0.0485 e. The van der Waals surface area contributed by atoms with Crippen molar-refractivity contribution in [1.82, 2.24) is 0 Å². The summed E-state index contributed by atoms with van der Waals surface area (Å²) in [6, 6.07) is 15.3. The molecule has 2 aromatic carbocycles. The van der Waals surface area contributed by atoms with Gasteiger partial charge in [0.2, 0.25) is 0 Å². The lowest BCUT2D eigenvalue weighted by molar-refractivity contribution is 0.882. The molecule has 2 heteroatoms. The van der Waals surface area contributed by atoms with Crippen LogP contribution >= 0.6 is 15.9 Å². The van der Waals surface area contributed by atoms with Crippen molar-refractivity contribution in [2.45, 2.75) is 26.8 Å². The second-order valence-electron chi connectivity index (χ2n) is 4.74. The van der Waals surface area contributed by atoms with E-state index >= 15 is 0 Å². The van der Waals surface area contributed by atoms with Gasteiger partial charge in [0.15, 0.2) is 0 Å². The minimum absolute atomic E-state index is 0.311. The van der Waals surface area contributed by atoms with E-state index < -0.39 is 0 Å². The number of halogens is 1. The van der Waals surface area contributed by atoms with Crippen LogP contribution < -0.4 is 5.32 Å². The van der Waals surface area contributed by atoms with Gasteiger partial charge in [0.1, 0.15) is 0 Å². The van der Waals surface area contributed by atoms with E-state index in [0.29, 0.717) is 6.04 Å². The Kier molecular flexibility index (Phi) is 4.07. The molecule has 0 aromatic heterocycles. The van der Waals surface area contributed by atoms with E-state index in [4.69, 9.17) is 0 Å². The Hall–Kier alpha value is -1.28. The van der Waals surface area contributed by atoms with Gasteiger partial charge in [-0.1, -0.05) is 45.8 Å². The SMILES string of the molecule is Cc1ccc(C(C)Nc2ccc(Br)cc2C)cc1. The first-order chi connectivity index (χ1) is 8.56. The quantitative estimate of drug-likeness (QED) is 0.817. The summed E-state index contributed by atoms with van der Waals surface area (Å²) in [5.41, 5.74) is 5.04. The molecule has 0 fully saturated rings. The molecular formula is C16H18BrN. The van der Waals surface area contributed by atoms with E-state index in [0.717, 1.165) is 4.47 Å². The van der Waals surface area contributed by atoms with E-state index in [2.05, 4.69) is 84.5 Å². The van der Waals surface area contributed by atoms with Gasteiger partial charge in [-0.3, -0.25) is 0 Å². The Labute approximate surface area is 117 Å². The van der Waals surface area contributed by atoms with E-state index in [9.17, 15) is 0 Å². The van der Waals surface area contributed by atoms with Crippen molar-refractivity contribution in [2.24, 2.45) is 0 Å². The average molecular weight is 304 g/mol. The zero-order valence-corrected chi connectivity index (χ0v) is 12.6. The number of hydrogen-bond acceptors (Lipinski definition) is 1. The molecule has 0 saturated heterocycles. The molecule has 0 radical (unpaired) electrons. The van der Waals surface area contributed by atoms with Crippen LogP contribution in [0.5, 0.6) is 0 Å². The van der Waals surface area contributed by atoms with E-state index in [1.54, 1.807) is 0 Å². The van der Waals surface area contributed by atoms with Crippen molar-refractivity contribution in [2.75, 3.05) is 5.32 Å². The maximum Gasteiger partial charge on any atom is 0.0485 e. The highest BCUT2D eigenvalue weighted by Crippen LogP contribution is 2.24. The highest BCUT2D eigenvalue weighted by atomic mass is 79.9. The molecule has 0 bridgehead atoms. The molecule has 2 rings (SSSR count). The van der Waals surface area contributed by atoms with Crippen LogP contribution in [-0.2, 0) is 0 Å². The van der Waals surface area contributed by atoms with Gasteiger partial charge in [-0.15, -0.1) is 0 Å². The van der Waals surface area contributed by atoms with Crippen LogP contribution in [0.15, 0.2) is 46.9 Å². The number of anilines is 1. The van der Waals surface area contributed by atoms with E-state index in [1.807, 2.05) is 0 Å². The van der Waals surface area contributed by atoms with Crippen LogP contribution in [0.25, 0.3) is 0 Å². The third-order valence-corrected chi connectivity index (χ3v) is 3.63. The Morgan fingerprint density at radius 2 is 1.67 bits per heavy atom. The van der Waals surface area contributed by atoms with Gasteiger partial charge in [-0.2, -0.15) is 0 Å². The molecule has 0 aliphatic heterocycles. The Morgan fingerprint density at radius 3 is 2.28 bits per heavy atom. The summed E-state index contributed by atoms with van der Waals surface area (Å²) in [6.45, 7) is 6.42. The van der Waals surface area contributed by atoms with Crippen LogP contribution in [0.2, 0.25) is 0 Å². The molecule has 2 aromatic rings. The summed E-state index contributed by atoms with van der Waals surface area (Å²) >= 11 is 3.49. The first-order valence-electron chi connectivity index (χ1n) is 6.15. The Morgan fingerprint density at radius 1 is 1.00 bits per heavy atom. The number of hydrogen-bond donors (Lipinski definition) is 1. The molecule has 1 nitrogen and oxygen atoms in total. The van der Waals surface area contributed by atoms with Gasteiger partial charge in [-0.05, 0) is 50.1 Å². The molecule has 0 spiro atoms. The summed E-state index contributed by atoms with van der Waals surface area (Å²) in [5, 5.41) is 3.55. The van der Waals surface area contributed by atoms with Crippen molar-refractivity contribution in [1.29, 1.82) is 0 Å². The lowest BCUT2D eigenvalue weighted by atomic mass is 10.1. The fraction of sp³-hybridized carbons (Fsp3) is 0.250. The van der Waals surface area contributed by atoms with Crippen molar-refractivity contribution in [3.8, 4) is 0 Å². The number of rotatable bonds is 3. The fourth-order valence-corrected chi connectivity index (χ4v) is 2.44. The number of benzene rings is 2. The van der Waals surface area contributed by atoms with Crippen molar-refractivity contribution >= 4 is 21.6 Å². The highest BCUT2D eigenvalue weighted by Gasteiger charge is 2.06. The standard InChI is InChI=1S/C16H18BrN/c1-11-4-6-14(7-5-11)13(3)18-16-9-8-15(17)10-12(16)2/h4-10,13,18H,1-3H3. The molecule has 0 saturated carbocycles. The minimum Gasteiger partial charge on any atom is -0.378 e. The van der Waals surface area contributed by atoms with Crippen molar-refractivity contribution < 1.29 is 0 Å². The third-order valence-electron chi connectivity index (χ3n) is 3.14. The summed E-state index contributed by atoms with van der Waals surface area (Å²) in [6.07, 6.45) is 0. The molecule has 1 unspecified atom stereocenters. The maximum atomic E-state index is 3.55. The van der Waals surface area contributed by atoms with Crippen LogP contribution in [-0.4, -0.2) is 0 Å². The Balaban J connectivity index is 2.15. The van der Waals surface area contributed by atoms with E-state index in [-0.39, 0.29) is 0 Å². The lowest BCUT2D eigenvalue weighted by Crippen LogP contribution is -2.07. The predicted molar refractivity (Wildman–Crippen MR) is 82.1 cm³/mol. The highest BCUT2D eigenvalue weighted by molar-refractivity contribution is 9.10. The summed E-state index contributed by atoms with van der Waals surface area (Å²) < 4.78 is 1.12. The van der Waals surface area contributed by atoms with Gasteiger partial charge < -0.3 is 5.32 Å². The number of nitrogens with one attached hydrogen (secondary N) is 1. The first-order valence-corrected chi connectivity index (χ1v) is 6.95. The predicted octanol–water partition coefficient (Wildman–Crippen LogP) is 5.24. The topological polar surface area (TPSA) is 12.0 Å². The summed E-state index contributed by atoms with van der Waals surface area (Å²) in [4.78, 5) is 0. The van der Waals surface area contributed by atoms with Gasteiger partial charge in [0.05, 0.1) is 0 Å². The van der Waals surface area contributed by atoms with E-state index in [1.165, 1.54) is 22.4 Å². The average Bonchev–Trinajstić information content (AvgIpc) is 2.33. The molecule has 0 heterocycles. The normalized spacial score (nSPS) is 12.2. The van der Waals surface area contributed by atoms with Crippen LogP contribution in [0, 0.1) is 13.8 Å². The monoisotopic (exact) mass is 303 g/mol. The third kappa shape index (κ3) is 3.14. The molecular weight excluding hydrogens is 286 g/mol. The lowest BCUT2D eigenvalue weighted by Gasteiger charge is -2.17. The second kappa shape index (κ2) is 5.57. The zero-order chi connectivity index (χ0) is 13.1. The molecule has 0 aliphatic carbocycles. The van der Waals surface area contributed by atoms with Crippen molar-refractivity contribution in [3.05, 3.63) is 63.6 Å². The molecule has 18 heavy (non-hydrogen) atoms. The number of aryl methyl sites for hydroxylation is 2. The van der Waals surface area contributed by atoms with Gasteiger partial charge in [0, 0.05) is 16.2 Å². The minimum atomic E-state index is 0.311. The summed E-state index contributed by atoms with van der Waals surface area (Å²) in [7, 11) is 0. The largest absolute Gasteiger partial charge is 0.378 e. The first kappa shape index (κ1) is 13.2. The molecule has 0 aliphatic rings. The molecule has 94 valence electrons. The van der Waals surface area contributed by atoms with Gasteiger partial charge >= 0.3 is 0 Å². The van der Waals surface area contributed by atoms with Gasteiger partial charge in [0.25, 0.3) is 0 Å². The van der Waals surface area contributed by atoms with Gasteiger partial charge in [-0.25, -0.2) is 0 Å². The Bertz CT molecular complexity index is 531. The van der Waals surface area contributed by atoms with Crippen LogP contribution in [0.3, 0.4) is 0 Å². The van der Waals surface area contributed by atoms with Crippen LogP contribution in [0.4, 0.5) is 5.69 Å². The zero-order valence-electron chi connectivity index (χ0n) is 11.0. The second-order valence-corrected chi connectivity index (χ2v) is 5.65. The molecule has 0 amide bonds. The maximum absolute atomic E-state index is 3.55. The fourth-order valence-electron chi connectivity index (χ4n) is 1.96. The summed E-state index contributed by atoms with van der Waals surface area (Å²) in [5.74, 6) is 0. The van der Waals surface area contributed by atoms with Crippen LogP contribution in [0.1, 0.15) is 29.7 Å². The van der Waals surface area contributed by atoms with Crippen molar-refractivity contribution in [3.63, 3.8) is 0 Å².